The minimum Gasteiger partial charge on any atom is -0.508 e. The quantitative estimate of drug-likeness (QED) is 0.573. The average Bonchev–Trinajstić information content (AvgIpc) is 1.90. The Bertz CT molecular complexity index is 203. The van der Waals surface area contributed by atoms with Gasteiger partial charge in [-0.15, -0.1) is 0 Å². The van der Waals surface area contributed by atoms with Crippen LogP contribution in [-0.4, -0.2) is 16.9 Å². The van der Waals surface area contributed by atoms with Crippen molar-refractivity contribution in [1.29, 1.82) is 0 Å². The molecule has 54 valence electrons. The molecule has 0 bridgehead atoms. The monoisotopic (exact) mass is 140 g/mol. The minimum atomic E-state index is 0. The highest BCUT2D eigenvalue weighted by atomic mass is 16.3. The van der Waals surface area contributed by atoms with Crippen molar-refractivity contribution >= 4 is 6.29 Å². The number of rotatable bonds is 1. The molecular formula is C7H8O3. The number of phenolic OH excluding ortho intramolecular Hbond substituents is 1. The highest BCUT2D eigenvalue weighted by molar-refractivity contribution is 5.74. The summed E-state index contributed by atoms with van der Waals surface area (Å²) in [5.74, 6) is 0.181. The lowest BCUT2D eigenvalue weighted by atomic mass is 10.2. The molecule has 0 saturated heterocycles. The molecule has 1 rings (SSSR count). The van der Waals surface area contributed by atoms with Crippen molar-refractivity contribution in [3.8, 4) is 5.75 Å². The lowest BCUT2D eigenvalue weighted by Crippen LogP contribution is -1.74. The van der Waals surface area contributed by atoms with Crippen LogP contribution in [0.25, 0.3) is 0 Å². The highest BCUT2D eigenvalue weighted by Gasteiger charge is 1.86. The van der Waals surface area contributed by atoms with Crippen LogP contribution in [0.5, 0.6) is 5.75 Å². The third kappa shape index (κ3) is 1.87. The number of aldehydes is 1. The number of hydrogen-bond acceptors (Lipinski definition) is 2. The fourth-order valence-electron chi connectivity index (χ4n) is 0.553. The topological polar surface area (TPSA) is 68.8 Å². The first-order chi connectivity index (χ1) is 4.33. The van der Waals surface area contributed by atoms with Gasteiger partial charge in [-0.05, 0) is 24.3 Å². The Morgan fingerprint density at radius 3 is 2.10 bits per heavy atom. The van der Waals surface area contributed by atoms with Gasteiger partial charge in [0.25, 0.3) is 0 Å². The Labute approximate surface area is 58.2 Å². The zero-order valence-electron chi connectivity index (χ0n) is 5.24. The number of benzene rings is 1. The third-order valence-electron chi connectivity index (χ3n) is 1.03. The molecule has 0 aliphatic heterocycles. The zero-order valence-corrected chi connectivity index (χ0v) is 5.24. The van der Waals surface area contributed by atoms with Gasteiger partial charge in [-0.2, -0.15) is 0 Å². The molecule has 10 heavy (non-hydrogen) atoms. The standard InChI is InChI=1S/C7H6O2.H2O/c8-5-6-1-3-7(9)4-2-6;/h1-5,9H;1H2. The molecule has 3 heteroatoms. The predicted octanol–water partition coefficient (Wildman–Crippen LogP) is 0.380. The van der Waals surface area contributed by atoms with E-state index < -0.39 is 0 Å². The second-order valence-corrected chi connectivity index (χ2v) is 1.71. The van der Waals surface area contributed by atoms with Crippen LogP contribution in [0.4, 0.5) is 0 Å². The van der Waals surface area contributed by atoms with Gasteiger partial charge in [0.15, 0.2) is 0 Å². The second-order valence-electron chi connectivity index (χ2n) is 1.71. The summed E-state index contributed by atoms with van der Waals surface area (Å²) in [6, 6.07) is 6.07. The van der Waals surface area contributed by atoms with Gasteiger partial charge in [-0.3, -0.25) is 4.79 Å². The Morgan fingerprint density at radius 2 is 1.70 bits per heavy atom. The van der Waals surface area contributed by atoms with E-state index in [-0.39, 0.29) is 11.2 Å². The van der Waals surface area contributed by atoms with Crippen LogP contribution in [0.3, 0.4) is 0 Å². The number of hydrogen-bond donors (Lipinski definition) is 1. The summed E-state index contributed by atoms with van der Waals surface area (Å²) in [5.41, 5.74) is 0.577. The highest BCUT2D eigenvalue weighted by Crippen LogP contribution is 2.07. The molecular weight excluding hydrogens is 132 g/mol. The third-order valence-corrected chi connectivity index (χ3v) is 1.03. The van der Waals surface area contributed by atoms with Crippen molar-refractivity contribution in [3.05, 3.63) is 29.8 Å². The molecule has 0 amide bonds. The maximum absolute atomic E-state index is 10.0. The summed E-state index contributed by atoms with van der Waals surface area (Å²) in [6.45, 7) is 0. The van der Waals surface area contributed by atoms with Crippen LogP contribution < -0.4 is 0 Å². The molecule has 1 aromatic carbocycles. The largest absolute Gasteiger partial charge is 0.508 e. The van der Waals surface area contributed by atoms with Gasteiger partial charge in [0.1, 0.15) is 12.0 Å². The van der Waals surface area contributed by atoms with Crippen LogP contribution in [0.2, 0.25) is 0 Å². The van der Waals surface area contributed by atoms with E-state index in [1.54, 1.807) is 12.1 Å². The summed E-state index contributed by atoms with van der Waals surface area (Å²) < 4.78 is 0. The summed E-state index contributed by atoms with van der Waals surface area (Å²) in [7, 11) is 0. The predicted molar refractivity (Wildman–Crippen MR) is 37.1 cm³/mol. The Balaban J connectivity index is 0.000000810. The van der Waals surface area contributed by atoms with Crippen LogP contribution in [0.15, 0.2) is 24.3 Å². The molecule has 0 aliphatic rings. The zero-order chi connectivity index (χ0) is 6.69. The van der Waals surface area contributed by atoms with Crippen molar-refractivity contribution < 1.29 is 15.4 Å². The number of carbonyl (C=O) groups is 1. The molecule has 0 saturated carbocycles. The molecule has 0 atom stereocenters. The Kier molecular flexibility index (Phi) is 3.14. The molecule has 0 unspecified atom stereocenters. The lowest BCUT2D eigenvalue weighted by molar-refractivity contribution is 0.112. The van der Waals surface area contributed by atoms with Gasteiger partial charge in [0.2, 0.25) is 0 Å². The lowest BCUT2D eigenvalue weighted by Gasteiger charge is -1.88. The Morgan fingerprint density at radius 1 is 1.20 bits per heavy atom. The minimum absolute atomic E-state index is 0. The molecule has 0 heterocycles. The van der Waals surface area contributed by atoms with Crippen molar-refractivity contribution in [1.82, 2.24) is 0 Å². The van der Waals surface area contributed by atoms with Crippen molar-refractivity contribution in [2.45, 2.75) is 0 Å². The van der Waals surface area contributed by atoms with Gasteiger partial charge < -0.3 is 10.6 Å². The average molecular weight is 140 g/mol. The summed E-state index contributed by atoms with van der Waals surface area (Å²) in [5, 5.41) is 8.74. The summed E-state index contributed by atoms with van der Waals surface area (Å²) in [6.07, 6.45) is 0.736. The fraction of sp³-hybridized carbons (Fsp3) is 0. The van der Waals surface area contributed by atoms with E-state index in [9.17, 15) is 4.79 Å². The van der Waals surface area contributed by atoms with Gasteiger partial charge in [0, 0.05) is 5.56 Å². The van der Waals surface area contributed by atoms with Gasteiger partial charge in [0.05, 0.1) is 0 Å². The first-order valence-electron chi connectivity index (χ1n) is 2.57. The summed E-state index contributed by atoms with van der Waals surface area (Å²) in [4.78, 5) is 10.0. The molecule has 3 N–H and O–H groups in total. The molecule has 0 radical (unpaired) electrons. The van der Waals surface area contributed by atoms with Crippen molar-refractivity contribution in [2.75, 3.05) is 0 Å². The summed E-state index contributed by atoms with van der Waals surface area (Å²) >= 11 is 0. The second kappa shape index (κ2) is 3.63. The fourth-order valence-corrected chi connectivity index (χ4v) is 0.553. The first kappa shape index (κ1) is 8.65. The van der Waals surface area contributed by atoms with E-state index in [1.165, 1.54) is 12.1 Å². The Hall–Kier alpha value is -1.35. The normalized spacial score (nSPS) is 8.00. The van der Waals surface area contributed by atoms with Crippen LogP contribution in [0.1, 0.15) is 10.4 Å². The number of aromatic hydroxyl groups is 1. The molecule has 0 spiro atoms. The SMILES string of the molecule is O.O=Cc1ccc(O)cc1. The maximum atomic E-state index is 10.0. The van der Waals surface area contributed by atoms with Crippen molar-refractivity contribution in [2.24, 2.45) is 0 Å². The van der Waals surface area contributed by atoms with Crippen LogP contribution >= 0.6 is 0 Å². The van der Waals surface area contributed by atoms with E-state index >= 15 is 0 Å². The van der Waals surface area contributed by atoms with Crippen LogP contribution in [0, 0.1) is 0 Å². The van der Waals surface area contributed by atoms with Gasteiger partial charge in [-0.25, -0.2) is 0 Å². The van der Waals surface area contributed by atoms with Crippen LogP contribution in [-0.2, 0) is 0 Å². The smallest absolute Gasteiger partial charge is 0.150 e. The first-order valence-corrected chi connectivity index (χ1v) is 2.57. The number of carbonyl (C=O) groups excluding carboxylic acids is 1. The van der Waals surface area contributed by atoms with E-state index in [1.807, 2.05) is 0 Å². The van der Waals surface area contributed by atoms with E-state index in [4.69, 9.17) is 5.11 Å². The molecule has 1 aromatic rings. The molecule has 3 nitrogen and oxygen atoms in total. The number of phenols is 1. The molecule has 0 aromatic heterocycles. The van der Waals surface area contributed by atoms with Gasteiger partial charge >= 0.3 is 0 Å². The maximum Gasteiger partial charge on any atom is 0.150 e. The van der Waals surface area contributed by atoms with E-state index in [0.29, 0.717) is 5.56 Å². The molecule has 0 fully saturated rings. The van der Waals surface area contributed by atoms with Gasteiger partial charge in [-0.1, -0.05) is 0 Å². The van der Waals surface area contributed by atoms with E-state index in [2.05, 4.69) is 0 Å². The molecule has 0 aliphatic carbocycles. The van der Waals surface area contributed by atoms with Crippen molar-refractivity contribution in [3.63, 3.8) is 0 Å². The van der Waals surface area contributed by atoms with E-state index in [0.717, 1.165) is 6.29 Å².